The van der Waals surface area contributed by atoms with Crippen LogP contribution in [0.3, 0.4) is 0 Å². The zero-order valence-corrected chi connectivity index (χ0v) is 18.6. The number of alkyl halides is 3. The molecule has 35 heavy (non-hydrogen) atoms. The summed E-state index contributed by atoms with van der Waals surface area (Å²) in [7, 11) is 0. The third-order valence-corrected chi connectivity index (χ3v) is 5.54. The van der Waals surface area contributed by atoms with Crippen molar-refractivity contribution in [1.82, 2.24) is 14.8 Å². The van der Waals surface area contributed by atoms with Gasteiger partial charge in [-0.25, -0.2) is 4.68 Å². The van der Waals surface area contributed by atoms with Crippen LogP contribution in [0.25, 0.3) is 0 Å². The molecule has 0 radical (unpaired) electrons. The summed E-state index contributed by atoms with van der Waals surface area (Å²) >= 11 is 0. The van der Waals surface area contributed by atoms with Gasteiger partial charge in [-0.3, -0.25) is 15.0 Å². The molecule has 2 heterocycles. The van der Waals surface area contributed by atoms with E-state index in [1.165, 1.54) is 21.7 Å². The summed E-state index contributed by atoms with van der Waals surface area (Å²) in [5, 5.41) is 26.1. The third kappa shape index (κ3) is 4.32. The lowest BCUT2D eigenvalue weighted by molar-refractivity contribution is -0.137. The quantitative estimate of drug-likeness (QED) is 0.563. The monoisotopic (exact) mass is 477 g/mol. The molecule has 11 heteroatoms. The average Bonchev–Trinajstić information content (AvgIpc) is 3.25. The largest absolute Gasteiger partial charge is 0.416 e. The zero-order valence-electron chi connectivity index (χ0n) is 18.6. The number of allylic oxidation sites excluding steroid dienone is 2. The van der Waals surface area contributed by atoms with Gasteiger partial charge in [0, 0.05) is 17.8 Å². The Morgan fingerprint density at radius 3 is 2.46 bits per heavy atom. The molecule has 0 bridgehead atoms. The first-order valence-electron chi connectivity index (χ1n) is 10.5. The minimum Gasteiger partial charge on any atom is -0.293 e. The fourth-order valence-electron chi connectivity index (χ4n) is 3.82. The van der Waals surface area contributed by atoms with Crippen LogP contribution in [0.4, 0.5) is 30.8 Å². The van der Waals surface area contributed by atoms with E-state index in [1.807, 2.05) is 6.07 Å². The maximum atomic E-state index is 13.4. The molecule has 1 aromatic heterocycles. The fraction of sp³-hybridized carbons (Fsp3) is 0.208. The Morgan fingerprint density at radius 1 is 1.14 bits per heavy atom. The molecule has 0 spiro atoms. The maximum Gasteiger partial charge on any atom is 0.416 e. The molecule has 1 N–H and O–H groups in total. The summed E-state index contributed by atoms with van der Waals surface area (Å²) in [6.07, 6.45) is -4.40. The number of rotatable bonds is 4. The minimum absolute atomic E-state index is 0.0468. The molecule has 8 nitrogen and oxygen atoms in total. The Balaban J connectivity index is 1.94. The Morgan fingerprint density at radius 2 is 1.86 bits per heavy atom. The smallest absolute Gasteiger partial charge is 0.293 e. The van der Waals surface area contributed by atoms with Crippen LogP contribution in [0.5, 0.6) is 0 Å². The molecule has 3 aromatic rings. The molecular formula is C24H18F3N7O. The van der Waals surface area contributed by atoms with Crippen molar-refractivity contribution >= 4 is 23.5 Å². The van der Waals surface area contributed by atoms with Gasteiger partial charge in [0.2, 0.25) is 11.9 Å². The normalized spacial score (nSPS) is 15.3. The summed E-state index contributed by atoms with van der Waals surface area (Å²) in [5.74, 6) is -0.269. The van der Waals surface area contributed by atoms with Crippen LogP contribution in [0.2, 0.25) is 0 Å². The highest BCUT2D eigenvalue weighted by Gasteiger charge is 2.37. The van der Waals surface area contributed by atoms with E-state index in [4.69, 9.17) is 5.26 Å². The van der Waals surface area contributed by atoms with E-state index in [-0.39, 0.29) is 35.5 Å². The van der Waals surface area contributed by atoms with E-state index >= 15 is 0 Å². The Bertz CT molecular complexity index is 1410. The summed E-state index contributed by atoms with van der Waals surface area (Å²) in [5.41, 5.74) is 0.881. The summed E-state index contributed by atoms with van der Waals surface area (Å²) in [6.45, 7) is 3.26. The van der Waals surface area contributed by atoms with Gasteiger partial charge < -0.3 is 0 Å². The van der Waals surface area contributed by atoms with Gasteiger partial charge in [-0.2, -0.15) is 28.7 Å². The topological polar surface area (TPSA) is 111 Å². The van der Waals surface area contributed by atoms with Gasteiger partial charge in [0.1, 0.15) is 6.04 Å². The van der Waals surface area contributed by atoms with Crippen LogP contribution in [0, 0.1) is 22.7 Å². The first-order chi connectivity index (χ1) is 16.7. The zero-order chi connectivity index (χ0) is 25.3. The number of halogens is 3. The third-order valence-electron chi connectivity index (χ3n) is 5.54. The Kier molecular flexibility index (Phi) is 6.01. The fourth-order valence-corrected chi connectivity index (χ4v) is 3.82. The number of anilines is 3. The molecule has 1 aliphatic rings. The van der Waals surface area contributed by atoms with Gasteiger partial charge in [-0.15, -0.1) is 5.10 Å². The van der Waals surface area contributed by atoms with Crippen LogP contribution in [-0.2, 0) is 11.0 Å². The number of amides is 1. The van der Waals surface area contributed by atoms with Crippen LogP contribution in [0.1, 0.15) is 43.0 Å². The van der Waals surface area contributed by atoms with Crippen molar-refractivity contribution < 1.29 is 18.0 Å². The maximum absolute atomic E-state index is 13.4. The molecule has 4 rings (SSSR count). The lowest BCUT2D eigenvalue weighted by Crippen LogP contribution is -2.31. The van der Waals surface area contributed by atoms with Gasteiger partial charge in [0.05, 0.1) is 28.8 Å². The number of carbonyl (C=O) groups is 1. The highest BCUT2D eigenvalue weighted by molar-refractivity contribution is 5.89. The van der Waals surface area contributed by atoms with Crippen molar-refractivity contribution in [2.75, 3.05) is 10.2 Å². The number of nitriles is 2. The van der Waals surface area contributed by atoms with Crippen LogP contribution in [-0.4, -0.2) is 20.7 Å². The molecule has 1 amide bonds. The number of benzene rings is 2. The highest BCUT2D eigenvalue weighted by Crippen LogP contribution is 2.43. The van der Waals surface area contributed by atoms with Gasteiger partial charge in [-0.1, -0.05) is 25.1 Å². The van der Waals surface area contributed by atoms with Gasteiger partial charge >= 0.3 is 6.18 Å². The number of aromatic nitrogens is 3. The molecule has 0 unspecified atom stereocenters. The standard InChI is InChI=1S/C24H18F3N7O/c1-3-20(35)30-22-31-23-33(18-6-4-5-17(11-18)24(25,26)27)14(2)19(13-29)21(34(23)32-22)16-9-7-15(12-28)8-10-16/h4-11,21H,3H2,1-2H3,(H,30,32,35)/t21-/m1/s1. The number of fused-ring (bicyclic) bond motifs is 1. The van der Waals surface area contributed by atoms with Crippen molar-refractivity contribution in [3.63, 3.8) is 0 Å². The van der Waals surface area contributed by atoms with E-state index in [9.17, 15) is 23.2 Å². The average molecular weight is 477 g/mol. The molecule has 0 saturated heterocycles. The predicted molar refractivity (Wildman–Crippen MR) is 120 cm³/mol. The Hall–Kier alpha value is -4.64. The first-order valence-corrected chi connectivity index (χ1v) is 10.5. The van der Waals surface area contributed by atoms with E-state index in [0.717, 1.165) is 12.1 Å². The number of hydrogen-bond donors (Lipinski definition) is 1. The number of nitrogens with one attached hydrogen (secondary N) is 1. The number of hydrogen-bond acceptors (Lipinski definition) is 6. The van der Waals surface area contributed by atoms with Crippen molar-refractivity contribution in [2.45, 2.75) is 32.5 Å². The number of nitrogens with zero attached hydrogens (tertiary/aromatic N) is 6. The lowest BCUT2D eigenvalue weighted by atomic mass is 9.95. The van der Waals surface area contributed by atoms with Crippen LogP contribution in [0.15, 0.2) is 59.8 Å². The lowest BCUT2D eigenvalue weighted by Gasteiger charge is -2.34. The predicted octanol–water partition coefficient (Wildman–Crippen LogP) is 5.06. The van der Waals surface area contributed by atoms with Crippen LogP contribution < -0.4 is 10.2 Å². The van der Waals surface area contributed by atoms with E-state index in [2.05, 4.69) is 21.5 Å². The van der Waals surface area contributed by atoms with Crippen molar-refractivity contribution in [3.8, 4) is 12.1 Å². The first kappa shape index (κ1) is 23.5. The second-order valence-corrected chi connectivity index (χ2v) is 7.71. The molecule has 0 fully saturated rings. The Labute approximate surface area is 198 Å². The summed E-state index contributed by atoms with van der Waals surface area (Å²) in [6, 6.07) is 14.6. The van der Waals surface area contributed by atoms with Gasteiger partial charge in [0.15, 0.2) is 0 Å². The molecule has 1 atom stereocenters. The molecule has 176 valence electrons. The van der Waals surface area contributed by atoms with Crippen molar-refractivity contribution in [2.24, 2.45) is 0 Å². The molecule has 0 aliphatic carbocycles. The van der Waals surface area contributed by atoms with Crippen molar-refractivity contribution in [1.29, 1.82) is 10.5 Å². The second kappa shape index (κ2) is 8.95. The van der Waals surface area contributed by atoms with E-state index < -0.39 is 17.8 Å². The highest BCUT2D eigenvalue weighted by atomic mass is 19.4. The molecular weight excluding hydrogens is 459 g/mol. The molecule has 0 saturated carbocycles. The summed E-state index contributed by atoms with van der Waals surface area (Å²) in [4.78, 5) is 17.8. The SMILES string of the molecule is CCC(=O)Nc1nc2n(n1)[C@H](c1ccc(C#N)cc1)C(C#N)=C(C)N2c1cccc(C(F)(F)F)c1. The van der Waals surface area contributed by atoms with Crippen molar-refractivity contribution in [3.05, 3.63) is 76.5 Å². The second-order valence-electron chi connectivity index (χ2n) is 7.71. The molecule has 2 aromatic carbocycles. The van der Waals surface area contributed by atoms with E-state index in [0.29, 0.717) is 16.8 Å². The van der Waals surface area contributed by atoms with E-state index in [1.54, 1.807) is 38.1 Å². The number of carbonyl (C=O) groups excluding carboxylic acids is 1. The van der Waals surface area contributed by atoms with Crippen LogP contribution >= 0.6 is 0 Å². The summed E-state index contributed by atoms with van der Waals surface area (Å²) < 4.78 is 41.6. The van der Waals surface area contributed by atoms with Gasteiger partial charge in [0.25, 0.3) is 5.95 Å². The minimum atomic E-state index is -4.57. The van der Waals surface area contributed by atoms with Gasteiger partial charge in [-0.05, 0) is 42.8 Å². The molecule has 1 aliphatic heterocycles.